The lowest BCUT2D eigenvalue weighted by Gasteiger charge is -2.26. The smallest absolute Gasteiger partial charge is 0.303 e. The van der Waals surface area contributed by atoms with Crippen LogP contribution in [0.2, 0.25) is 5.02 Å². The van der Waals surface area contributed by atoms with Crippen molar-refractivity contribution in [1.82, 2.24) is 15.2 Å². The molecule has 1 saturated heterocycles. The number of hydrogen-bond acceptors (Lipinski definition) is 6. The van der Waals surface area contributed by atoms with Gasteiger partial charge in [0.1, 0.15) is 0 Å². The van der Waals surface area contributed by atoms with E-state index in [2.05, 4.69) is 34.3 Å². The van der Waals surface area contributed by atoms with Gasteiger partial charge in [-0.3, -0.25) is 14.7 Å². The number of aliphatic hydroxyl groups excluding tert-OH is 1. The molecule has 7 nitrogen and oxygen atoms in total. The topological polar surface area (TPSA) is 94.9 Å². The number of nitrogens with one attached hydrogen (secondary N) is 1. The molecule has 8 heteroatoms. The molecule has 1 aromatic carbocycles. The van der Waals surface area contributed by atoms with Crippen molar-refractivity contribution in [3.8, 4) is 0 Å². The Labute approximate surface area is 219 Å². The lowest BCUT2D eigenvalue weighted by Crippen LogP contribution is -2.42. The molecule has 3 N–H and O–H groups in total. The molecule has 3 rings (SSSR count). The van der Waals surface area contributed by atoms with Crippen LogP contribution >= 0.6 is 11.6 Å². The number of aliphatic carboxylic acids is 1. The second-order valence-corrected chi connectivity index (χ2v) is 9.96. The Balaban J connectivity index is 1.44. The fourth-order valence-corrected chi connectivity index (χ4v) is 5.17. The first-order valence-electron chi connectivity index (χ1n) is 13.1. The van der Waals surface area contributed by atoms with Gasteiger partial charge in [0.25, 0.3) is 0 Å². The van der Waals surface area contributed by atoms with Gasteiger partial charge in [0, 0.05) is 43.1 Å². The van der Waals surface area contributed by atoms with E-state index in [1.54, 1.807) is 12.4 Å². The molecule has 1 unspecified atom stereocenters. The molecule has 36 heavy (non-hydrogen) atoms. The number of benzene rings is 1. The summed E-state index contributed by atoms with van der Waals surface area (Å²) in [5.41, 5.74) is 4.35. The third-order valence-electron chi connectivity index (χ3n) is 6.91. The SMILES string of the molecule is CCc1cc(C[C@@H]2CCCN2CNC[C@@H](O)COC(CC)c2ccncc2CCC(=O)O)ccc1Cl. The Morgan fingerprint density at radius 3 is 2.89 bits per heavy atom. The summed E-state index contributed by atoms with van der Waals surface area (Å²) in [6, 6.07) is 8.74. The fourth-order valence-electron chi connectivity index (χ4n) is 4.92. The first kappa shape index (κ1) is 28.5. The number of aryl methyl sites for hydroxylation is 2. The van der Waals surface area contributed by atoms with E-state index >= 15 is 0 Å². The maximum absolute atomic E-state index is 11.0. The highest BCUT2D eigenvalue weighted by atomic mass is 35.5. The summed E-state index contributed by atoms with van der Waals surface area (Å²) in [4.78, 5) is 17.6. The molecule has 1 aliphatic heterocycles. The van der Waals surface area contributed by atoms with Crippen LogP contribution < -0.4 is 5.32 Å². The number of carboxylic acids is 1. The molecular formula is C28H40ClN3O4. The molecule has 2 aromatic rings. The Morgan fingerprint density at radius 2 is 2.14 bits per heavy atom. The number of ether oxygens (including phenoxy) is 1. The minimum absolute atomic E-state index is 0.0525. The number of hydrogen-bond donors (Lipinski definition) is 3. The van der Waals surface area contributed by atoms with Gasteiger partial charge < -0.3 is 20.3 Å². The maximum atomic E-state index is 11.0. The van der Waals surface area contributed by atoms with Crippen LogP contribution in [-0.2, 0) is 28.8 Å². The van der Waals surface area contributed by atoms with E-state index in [4.69, 9.17) is 21.4 Å². The van der Waals surface area contributed by atoms with Gasteiger partial charge in [0.2, 0.25) is 0 Å². The maximum Gasteiger partial charge on any atom is 0.303 e. The summed E-state index contributed by atoms with van der Waals surface area (Å²) in [6.45, 7) is 6.59. The summed E-state index contributed by atoms with van der Waals surface area (Å²) < 4.78 is 6.05. The van der Waals surface area contributed by atoms with Gasteiger partial charge in [-0.1, -0.05) is 37.6 Å². The predicted molar refractivity (Wildman–Crippen MR) is 142 cm³/mol. The minimum atomic E-state index is -0.834. The van der Waals surface area contributed by atoms with Crippen LogP contribution in [0.3, 0.4) is 0 Å². The molecule has 0 bridgehead atoms. The zero-order chi connectivity index (χ0) is 25.9. The summed E-state index contributed by atoms with van der Waals surface area (Å²) >= 11 is 6.28. The van der Waals surface area contributed by atoms with Crippen molar-refractivity contribution in [3.63, 3.8) is 0 Å². The van der Waals surface area contributed by atoms with E-state index in [1.807, 2.05) is 19.1 Å². The van der Waals surface area contributed by atoms with Gasteiger partial charge in [0.15, 0.2) is 0 Å². The van der Waals surface area contributed by atoms with Gasteiger partial charge in [-0.05, 0) is 79.5 Å². The molecule has 0 aliphatic carbocycles. The number of aliphatic hydroxyl groups is 1. The molecular weight excluding hydrogens is 478 g/mol. The fraction of sp³-hybridized carbons (Fsp3) is 0.571. The molecule has 2 heterocycles. The Kier molecular flexibility index (Phi) is 11.6. The highest BCUT2D eigenvalue weighted by Gasteiger charge is 2.25. The lowest BCUT2D eigenvalue weighted by atomic mass is 9.99. The molecule has 0 radical (unpaired) electrons. The molecule has 198 valence electrons. The second kappa shape index (κ2) is 14.6. The van der Waals surface area contributed by atoms with Crippen LogP contribution in [0.25, 0.3) is 0 Å². The van der Waals surface area contributed by atoms with Crippen molar-refractivity contribution >= 4 is 17.6 Å². The van der Waals surface area contributed by atoms with Crippen LogP contribution in [0.15, 0.2) is 36.7 Å². The monoisotopic (exact) mass is 517 g/mol. The number of aromatic nitrogens is 1. The standard InChI is InChI=1S/C28H40ClN3O4/c1-3-21-14-20(7-9-26(21)29)15-23-6-5-13-32(23)19-31-17-24(33)18-36-27(4-2)25-11-12-30-16-22(25)8-10-28(34)35/h7,9,11-12,14,16,23-24,27,31,33H,3-6,8,10,13,15,17-19H2,1-2H3,(H,34,35)/t23-,24+,27?/m0/s1. The third kappa shape index (κ3) is 8.53. The van der Waals surface area contributed by atoms with E-state index in [0.29, 0.717) is 19.0 Å². The quantitative estimate of drug-likeness (QED) is 0.322. The summed E-state index contributed by atoms with van der Waals surface area (Å²) in [7, 11) is 0. The first-order valence-corrected chi connectivity index (χ1v) is 13.4. The highest BCUT2D eigenvalue weighted by Crippen LogP contribution is 2.26. The number of carbonyl (C=O) groups is 1. The van der Waals surface area contributed by atoms with Gasteiger partial charge in [-0.15, -0.1) is 0 Å². The van der Waals surface area contributed by atoms with E-state index in [0.717, 1.165) is 48.6 Å². The zero-order valence-corrected chi connectivity index (χ0v) is 22.2. The van der Waals surface area contributed by atoms with Crippen LogP contribution in [0.1, 0.15) is 67.9 Å². The van der Waals surface area contributed by atoms with Crippen molar-refractivity contribution < 1.29 is 19.7 Å². The Hall–Kier alpha value is -2.03. The number of likely N-dealkylation sites (tertiary alicyclic amines) is 1. The van der Waals surface area contributed by atoms with E-state index < -0.39 is 12.1 Å². The van der Waals surface area contributed by atoms with E-state index in [-0.39, 0.29) is 19.1 Å². The first-order chi connectivity index (χ1) is 17.4. The van der Waals surface area contributed by atoms with Crippen molar-refractivity contribution in [2.75, 3.05) is 26.4 Å². The largest absolute Gasteiger partial charge is 0.481 e. The van der Waals surface area contributed by atoms with Crippen LogP contribution in [0.5, 0.6) is 0 Å². The average molecular weight is 518 g/mol. The summed E-state index contributed by atoms with van der Waals surface area (Å²) in [5, 5.41) is 23.8. The molecule has 0 spiro atoms. The van der Waals surface area contributed by atoms with Crippen molar-refractivity contribution in [1.29, 1.82) is 0 Å². The van der Waals surface area contributed by atoms with Crippen molar-refractivity contribution in [2.24, 2.45) is 0 Å². The van der Waals surface area contributed by atoms with Gasteiger partial charge in [-0.2, -0.15) is 0 Å². The lowest BCUT2D eigenvalue weighted by molar-refractivity contribution is -0.136. The second-order valence-electron chi connectivity index (χ2n) is 9.56. The van der Waals surface area contributed by atoms with Gasteiger partial charge in [0.05, 0.1) is 18.8 Å². The molecule has 1 aromatic heterocycles. The van der Waals surface area contributed by atoms with E-state index in [9.17, 15) is 9.90 Å². The predicted octanol–water partition coefficient (Wildman–Crippen LogP) is 4.40. The highest BCUT2D eigenvalue weighted by molar-refractivity contribution is 6.31. The van der Waals surface area contributed by atoms with Crippen molar-refractivity contribution in [3.05, 3.63) is 63.9 Å². The number of pyridine rings is 1. The third-order valence-corrected chi connectivity index (χ3v) is 7.28. The number of carboxylic acid groups (broad SMARTS) is 1. The van der Waals surface area contributed by atoms with Crippen LogP contribution in [-0.4, -0.2) is 64.6 Å². The van der Waals surface area contributed by atoms with Crippen LogP contribution in [0, 0.1) is 0 Å². The Morgan fingerprint density at radius 1 is 1.31 bits per heavy atom. The molecule has 3 atom stereocenters. The number of rotatable bonds is 15. The van der Waals surface area contributed by atoms with Gasteiger partial charge in [-0.25, -0.2) is 0 Å². The minimum Gasteiger partial charge on any atom is -0.481 e. The summed E-state index contributed by atoms with van der Waals surface area (Å²) in [6.07, 6.45) is 8.06. The average Bonchev–Trinajstić information content (AvgIpc) is 3.31. The molecule has 1 fully saturated rings. The number of nitrogens with zero attached hydrogens (tertiary/aromatic N) is 2. The van der Waals surface area contributed by atoms with E-state index in [1.165, 1.54) is 24.0 Å². The zero-order valence-electron chi connectivity index (χ0n) is 21.5. The normalized spacial score (nSPS) is 17.8. The van der Waals surface area contributed by atoms with Crippen LogP contribution in [0.4, 0.5) is 0 Å². The molecule has 1 aliphatic rings. The number of halogens is 1. The summed E-state index contributed by atoms with van der Waals surface area (Å²) in [5.74, 6) is -0.834. The molecule has 0 amide bonds. The molecule has 0 saturated carbocycles. The Bertz CT molecular complexity index is 974. The van der Waals surface area contributed by atoms with Crippen molar-refractivity contribution in [2.45, 2.75) is 77.0 Å². The van der Waals surface area contributed by atoms with Gasteiger partial charge >= 0.3 is 5.97 Å².